The van der Waals surface area contributed by atoms with E-state index in [0.717, 1.165) is 11.3 Å². The first-order chi connectivity index (χ1) is 10.4. The number of oxazole rings is 1. The van der Waals surface area contributed by atoms with Crippen LogP contribution in [-0.2, 0) is 12.0 Å². The van der Waals surface area contributed by atoms with Gasteiger partial charge in [0.2, 0.25) is 0 Å². The molecule has 0 aliphatic carbocycles. The van der Waals surface area contributed by atoms with Crippen LogP contribution >= 0.6 is 0 Å². The second-order valence-electron chi connectivity index (χ2n) is 6.26. The molecular weight excluding hydrogens is 280 g/mol. The molecular formula is C17H18N2O3. The lowest BCUT2D eigenvalue weighted by atomic mass is 9.91. The van der Waals surface area contributed by atoms with Crippen molar-refractivity contribution in [2.45, 2.75) is 32.8 Å². The van der Waals surface area contributed by atoms with Crippen molar-refractivity contribution in [3.63, 3.8) is 0 Å². The Hall–Kier alpha value is -2.56. The first-order valence-corrected chi connectivity index (χ1v) is 7.13. The number of ether oxygens (including phenoxy) is 1. The standard InChI is InChI=1S/C17H18N2O3/c1-17(2,3)15-7-4-11(9-18-15)10-21-12-5-6-14-13(8-12)19-16(20)22-14/h4-9H,10H2,1-3H3,(H,19,20). The second kappa shape index (κ2) is 5.33. The summed E-state index contributed by atoms with van der Waals surface area (Å²) in [7, 11) is 0. The maximum Gasteiger partial charge on any atom is 0.417 e. The summed E-state index contributed by atoms with van der Waals surface area (Å²) >= 11 is 0. The van der Waals surface area contributed by atoms with Gasteiger partial charge in [-0.15, -0.1) is 0 Å². The van der Waals surface area contributed by atoms with Gasteiger partial charge >= 0.3 is 5.76 Å². The molecule has 2 heterocycles. The van der Waals surface area contributed by atoms with Crippen LogP contribution < -0.4 is 10.5 Å². The fraction of sp³-hybridized carbons (Fsp3) is 0.294. The van der Waals surface area contributed by atoms with Gasteiger partial charge in [0.25, 0.3) is 0 Å². The van der Waals surface area contributed by atoms with Crippen LogP contribution in [0.25, 0.3) is 11.1 Å². The van der Waals surface area contributed by atoms with E-state index in [-0.39, 0.29) is 5.41 Å². The van der Waals surface area contributed by atoms with Crippen LogP contribution in [0.15, 0.2) is 45.7 Å². The molecule has 0 amide bonds. The third-order valence-electron chi connectivity index (χ3n) is 3.39. The molecule has 0 atom stereocenters. The van der Waals surface area contributed by atoms with Crippen molar-refractivity contribution < 1.29 is 9.15 Å². The smallest absolute Gasteiger partial charge is 0.417 e. The highest BCUT2D eigenvalue weighted by atomic mass is 16.5. The number of pyridine rings is 1. The summed E-state index contributed by atoms with van der Waals surface area (Å²) in [6, 6.07) is 9.28. The Kier molecular flexibility index (Phi) is 3.48. The summed E-state index contributed by atoms with van der Waals surface area (Å²) in [6.07, 6.45) is 1.83. The number of benzene rings is 1. The Labute approximate surface area is 128 Å². The van der Waals surface area contributed by atoms with Crippen molar-refractivity contribution in [3.05, 3.63) is 58.3 Å². The minimum atomic E-state index is -0.464. The van der Waals surface area contributed by atoms with Gasteiger partial charge in [-0.25, -0.2) is 4.79 Å². The Morgan fingerprint density at radius 1 is 1.23 bits per heavy atom. The van der Waals surface area contributed by atoms with E-state index in [1.807, 2.05) is 18.3 Å². The summed E-state index contributed by atoms with van der Waals surface area (Å²) < 4.78 is 10.7. The highest BCUT2D eigenvalue weighted by Gasteiger charge is 2.14. The van der Waals surface area contributed by atoms with E-state index in [1.165, 1.54) is 0 Å². The largest absolute Gasteiger partial charge is 0.489 e. The average molecular weight is 298 g/mol. The van der Waals surface area contributed by atoms with E-state index in [1.54, 1.807) is 18.2 Å². The molecule has 1 aromatic carbocycles. The van der Waals surface area contributed by atoms with Crippen molar-refractivity contribution in [3.8, 4) is 5.75 Å². The second-order valence-corrected chi connectivity index (χ2v) is 6.26. The van der Waals surface area contributed by atoms with Crippen LogP contribution in [0.1, 0.15) is 32.0 Å². The van der Waals surface area contributed by atoms with Gasteiger partial charge in [0, 0.05) is 28.9 Å². The molecule has 3 rings (SSSR count). The van der Waals surface area contributed by atoms with Gasteiger partial charge in [-0.05, 0) is 18.2 Å². The molecule has 5 heteroatoms. The molecule has 2 aromatic heterocycles. The molecule has 0 fully saturated rings. The van der Waals surface area contributed by atoms with Gasteiger partial charge in [-0.1, -0.05) is 26.8 Å². The molecule has 0 saturated heterocycles. The van der Waals surface area contributed by atoms with Crippen LogP contribution in [0.2, 0.25) is 0 Å². The number of H-pyrrole nitrogens is 1. The SMILES string of the molecule is CC(C)(C)c1ccc(COc2ccc3oc(=O)[nH]c3c2)cn1. The number of nitrogens with zero attached hydrogens (tertiary/aromatic N) is 1. The highest BCUT2D eigenvalue weighted by Crippen LogP contribution is 2.21. The Morgan fingerprint density at radius 3 is 2.73 bits per heavy atom. The number of hydrogen-bond donors (Lipinski definition) is 1. The number of nitrogens with one attached hydrogen (secondary N) is 1. The van der Waals surface area contributed by atoms with Crippen LogP contribution in [0.4, 0.5) is 0 Å². The van der Waals surface area contributed by atoms with E-state index >= 15 is 0 Å². The first-order valence-electron chi connectivity index (χ1n) is 7.13. The molecule has 114 valence electrons. The Bertz CT molecular complexity index is 839. The molecule has 0 aliphatic rings. The summed E-state index contributed by atoms with van der Waals surface area (Å²) in [4.78, 5) is 18.2. The number of aromatic amines is 1. The van der Waals surface area contributed by atoms with E-state index in [0.29, 0.717) is 23.5 Å². The minimum absolute atomic E-state index is 0.0393. The van der Waals surface area contributed by atoms with E-state index in [9.17, 15) is 4.79 Å². The van der Waals surface area contributed by atoms with Crippen molar-refractivity contribution in [2.75, 3.05) is 0 Å². The summed E-state index contributed by atoms with van der Waals surface area (Å²) in [5.74, 6) is 0.207. The summed E-state index contributed by atoms with van der Waals surface area (Å²) in [6.45, 7) is 6.82. The van der Waals surface area contributed by atoms with Gasteiger partial charge in [0.1, 0.15) is 12.4 Å². The molecule has 0 aliphatic heterocycles. The predicted molar refractivity (Wildman–Crippen MR) is 84.1 cm³/mol. The fourth-order valence-electron chi connectivity index (χ4n) is 2.14. The van der Waals surface area contributed by atoms with Crippen LogP contribution in [-0.4, -0.2) is 9.97 Å². The fourth-order valence-corrected chi connectivity index (χ4v) is 2.14. The van der Waals surface area contributed by atoms with Crippen LogP contribution in [0, 0.1) is 0 Å². The number of aromatic nitrogens is 2. The van der Waals surface area contributed by atoms with Gasteiger partial charge in [-0.2, -0.15) is 0 Å². The third kappa shape index (κ3) is 3.03. The van der Waals surface area contributed by atoms with Crippen molar-refractivity contribution in [1.82, 2.24) is 9.97 Å². The van der Waals surface area contributed by atoms with Crippen LogP contribution in [0.5, 0.6) is 5.75 Å². The van der Waals surface area contributed by atoms with E-state index < -0.39 is 5.76 Å². The first kappa shape index (κ1) is 14.4. The third-order valence-corrected chi connectivity index (χ3v) is 3.39. The van der Waals surface area contributed by atoms with Gasteiger partial charge in [0.05, 0.1) is 5.52 Å². The molecule has 0 spiro atoms. The number of rotatable bonds is 3. The molecule has 3 aromatic rings. The predicted octanol–water partition coefficient (Wildman–Crippen LogP) is 3.39. The molecule has 0 bridgehead atoms. The van der Waals surface area contributed by atoms with Crippen LogP contribution in [0.3, 0.4) is 0 Å². The maximum atomic E-state index is 11.1. The van der Waals surface area contributed by atoms with Gasteiger partial charge in [0.15, 0.2) is 5.58 Å². The quantitative estimate of drug-likeness (QED) is 0.804. The Balaban J connectivity index is 1.72. The molecule has 1 N–H and O–H groups in total. The Morgan fingerprint density at radius 2 is 2.05 bits per heavy atom. The topological polar surface area (TPSA) is 68.1 Å². The normalized spacial score (nSPS) is 11.8. The monoisotopic (exact) mass is 298 g/mol. The molecule has 22 heavy (non-hydrogen) atoms. The molecule has 5 nitrogen and oxygen atoms in total. The van der Waals surface area contributed by atoms with E-state index in [4.69, 9.17) is 9.15 Å². The lowest BCUT2D eigenvalue weighted by molar-refractivity contribution is 0.306. The number of fused-ring (bicyclic) bond motifs is 1. The highest BCUT2D eigenvalue weighted by molar-refractivity contribution is 5.73. The van der Waals surface area contributed by atoms with Gasteiger partial charge in [-0.3, -0.25) is 9.97 Å². The van der Waals surface area contributed by atoms with Crippen molar-refractivity contribution in [2.24, 2.45) is 0 Å². The lowest BCUT2D eigenvalue weighted by Crippen LogP contribution is -2.13. The zero-order valence-electron chi connectivity index (χ0n) is 12.8. The lowest BCUT2D eigenvalue weighted by Gasteiger charge is -2.17. The summed E-state index contributed by atoms with van der Waals surface area (Å²) in [5.41, 5.74) is 3.23. The van der Waals surface area contributed by atoms with Crippen molar-refractivity contribution >= 4 is 11.1 Å². The maximum absolute atomic E-state index is 11.1. The van der Waals surface area contributed by atoms with E-state index in [2.05, 4.69) is 30.7 Å². The molecule has 0 unspecified atom stereocenters. The average Bonchev–Trinajstić information content (AvgIpc) is 2.84. The summed E-state index contributed by atoms with van der Waals surface area (Å²) in [5, 5.41) is 0. The minimum Gasteiger partial charge on any atom is -0.489 e. The molecule has 0 saturated carbocycles. The molecule has 0 radical (unpaired) electrons. The zero-order chi connectivity index (χ0) is 15.7. The van der Waals surface area contributed by atoms with Gasteiger partial charge < -0.3 is 9.15 Å². The van der Waals surface area contributed by atoms with Crippen molar-refractivity contribution in [1.29, 1.82) is 0 Å². The zero-order valence-corrected chi connectivity index (χ0v) is 12.8. The number of hydrogen-bond acceptors (Lipinski definition) is 4.